The van der Waals surface area contributed by atoms with Gasteiger partial charge in [0.2, 0.25) is 0 Å². The number of nitrogens with zero attached hydrogens (tertiary/aromatic N) is 1. The van der Waals surface area contributed by atoms with Crippen molar-refractivity contribution in [3.8, 4) is 0 Å². The Morgan fingerprint density at radius 1 is 1.26 bits per heavy atom. The number of hydrogen-bond donors (Lipinski definition) is 3. The highest BCUT2D eigenvalue weighted by molar-refractivity contribution is 7.80. The SMILES string of the molecule is O=C(NNC(=S)NCc1cccs1)c1ccccn1. The maximum atomic E-state index is 11.7. The Labute approximate surface area is 120 Å². The zero-order chi connectivity index (χ0) is 13.5. The fraction of sp³-hybridized carbons (Fsp3) is 0.0833. The summed E-state index contributed by atoms with van der Waals surface area (Å²) in [6.45, 7) is 0.628. The second-order valence-electron chi connectivity index (χ2n) is 3.56. The molecule has 0 fully saturated rings. The Morgan fingerprint density at radius 2 is 2.16 bits per heavy atom. The Hall–Kier alpha value is -1.99. The van der Waals surface area contributed by atoms with Crippen LogP contribution in [-0.2, 0) is 6.54 Å². The number of nitrogens with one attached hydrogen (secondary N) is 3. The number of thiophene rings is 1. The van der Waals surface area contributed by atoms with Crippen LogP contribution >= 0.6 is 23.6 Å². The van der Waals surface area contributed by atoms with Crippen LogP contribution in [0, 0.1) is 0 Å². The molecule has 2 aromatic rings. The van der Waals surface area contributed by atoms with E-state index in [1.807, 2.05) is 17.5 Å². The molecule has 0 saturated heterocycles. The number of carbonyl (C=O) groups excluding carboxylic acids is 1. The van der Waals surface area contributed by atoms with Crippen LogP contribution in [0.2, 0.25) is 0 Å². The Bertz CT molecular complexity index is 542. The van der Waals surface area contributed by atoms with Crippen molar-refractivity contribution >= 4 is 34.6 Å². The lowest BCUT2D eigenvalue weighted by Crippen LogP contribution is -2.46. The molecule has 0 aliphatic rings. The third-order valence-electron chi connectivity index (χ3n) is 2.19. The van der Waals surface area contributed by atoms with Gasteiger partial charge in [0, 0.05) is 11.1 Å². The molecule has 0 atom stereocenters. The summed E-state index contributed by atoms with van der Waals surface area (Å²) >= 11 is 6.68. The summed E-state index contributed by atoms with van der Waals surface area (Å²) in [4.78, 5) is 16.8. The average molecular weight is 292 g/mol. The van der Waals surface area contributed by atoms with Crippen molar-refractivity contribution in [2.75, 3.05) is 0 Å². The lowest BCUT2D eigenvalue weighted by molar-refractivity contribution is 0.0938. The van der Waals surface area contributed by atoms with Gasteiger partial charge < -0.3 is 5.32 Å². The average Bonchev–Trinajstić information content (AvgIpc) is 2.96. The van der Waals surface area contributed by atoms with Gasteiger partial charge in [-0.1, -0.05) is 12.1 Å². The van der Waals surface area contributed by atoms with E-state index in [1.54, 1.807) is 35.7 Å². The van der Waals surface area contributed by atoms with E-state index in [4.69, 9.17) is 12.2 Å². The van der Waals surface area contributed by atoms with Gasteiger partial charge >= 0.3 is 0 Å². The van der Waals surface area contributed by atoms with Gasteiger partial charge in [0.15, 0.2) is 5.11 Å². The number of amides is 1. The topological polar surface area (TPSA) is 66.1 Å². The van der Waals surface area contributed by atoms with E-state index in [0.29, 0.717) is 17.4 Å². The van der Waals surface area contributed by atoms with E-state index < -0.39 is 0 Å². The first-order valence-corrected chi connectivity index (χ1v) is 6.82. The molecule has 2 rings (SSSR count). The highest BCUT2D eigenvalue weighted by atomic mass is 32.1. The van der Waals surface area contributed by atoms with Crippen LogP contribution in [0.1, 0.15) is 15.4 Å². The number of thiocarbonyl (C=S) groups is 1. The Balaban J connectivity index is 1.73. The second kappa shape index (κ2) is 6.81. The predicted molar refractivity (Wildman–Crippen MR) is 78.6 cm³/mol. The van der Waals surface area contributed by atoms with Crippen LogP contribution in [0.3, 0.4) is 0 Å². The second-order valence-corrected chi connectivity index (χ2v) is 5.00. The van der Waals surface area contributed by atoms with Crippen molar-refractivity contribution in [3.63, 3.8) is 0 Å². The normalized spacial score (nSPS) is 9.68. The van der Waals surface area contributed by atoms with Gasteiger partial charge in [-0.05, 0) is 35.8 Å². The standard InChI is InChI=1S/C12H12N4OS2/c17-11(10-5-1-2-6-13-10)15-16-12(18)14-8-9-4-3-7-19-9/h1-7H,8H2,(H,15,17)(H2,14,16,18). The third kappa shape index (κ3) is 4.31. The molecule has 2 heterocycles. The van der Waals surface area contributed by atoms with E-state index >= 15 is 0 Å². The smallest absolute Gasteiger partial charge is 0.288 e. The summed E-state index contributed by atoms with van der Waals surface area (Å²) in [6.07, 6.45) is 1.56. The Morgan fingerprint density at radius 3 is 2.84 bits per heavy atom. The highest BCUT2D eigenvalue weighted by Crippen LogP contribution is 2.06. The summed E-state index contributed by atoms with van der Waals surface area (Å²) in [5, 5.41) is 5.34. The largest absolute Gasteiger partial charge is 0.356 e. The minimum Gasteiger partial charge on any atom is -0.356 e. The molecule has 98 valence electrons. The first-order valence-electron chi connectivity index (χ1n) is 5.53. The molecule has 0 spiro atoms. The summed E-state index contributed by atoms with van der Waals surface area (Å²) in [7, 11) is 0. The van der Waals surface area contributed by atoms with Gasteiger partial charge in [0.05, 0.1) is 6.54 Å². The maximum absolute atomic E-state index is 11.7. The van der Waals surface area contributed by atoms with Crippen LogP contribution < -0.4 is 16.2 Å². The van der Waals surface area contributed by atoms with Crippen molar-refractivity contribution in [2.24, 2.45) is 0 Å². The molecule has 0 bridgehead atoms. The Kier molecular flexibility index (Phi) is 4.82. The van der Waals surface area contributed by atoms with E-state index in [2.05, 4.69) is 21.2 Å². The van der Waals surface area contributed by atoms with Gasteiger partial charge in [-0.15, -0.1) is 11.3 Å². The molecule has 0 aliphatic heterocycles. The first kappa shape index (κ1) is 13.4. The number of hydrogen-bond acceptors (Lipinski definition) is 4. The van der Waals surface area contributed by atoms with Gasteiger partial charge in [-0.3, -0.25) is 20.6 Å². The monoisotopic (exact) mass is 292 g/mol. The van der Waals surface area contributed by atoms with E-state index in [-0.39, 0.29) is 5.91 Å². The van der Waals surface area contributed by atoms with E-state index in [9.17, 15) is 4.79 Å². The van der Waals surface area contributed by atoms with Crippen LogP contribution in [-0.4, -0.2) is 16.0 Å². The van der Waals surface area contributed by atoms with Crippen LogP contribution in [0.5, 0.6) is 0 Å². The number of rotatable bonds is 3. The molecule has 0 radical (unpaired) electrons. The zero-order valence-electron chi connectivity index (χ0n) is 9.92. The molecular weight excluding hydrogens is 280 g/mol. The van der Waals surface area contributed by atoms with Crippen LogP contribution in [0.4, 0.5) is 0 Å². The van der Waals surface area contributed by atoms with Crippen molar-refractivity contribution in [1.29, 1.82) is 0 Å². The number of hydrazine groups is 1. The highest BCUT2D eigenvalue weighted by Gasteiger charge is 2.05. The van der Waals surface area contributed by atoms with Crippen molar-refractivity contribution in [2.45, 2.75) is 6.54 Å². The molecule has 0 saturated carbocycles. The molecular formula is C12H12N4OS2. The summed E-state index contributed by atoms with van der Waals surface area (Å²) in [5.74, 6) is -0.333. The third-order valence-corrected chi connectivity index (χ3v) is 3.31. The molecule has 7 heteroatoms. The molecule has 19 heavy (non-hydrogen) atoms. The number of pyridine rings is 1. The molecule has 5 nitrogen and oxygen atoms in total. The van der Waals surface area contributed by atoms with Gasteiger partial charge in [-0.2, -0.15) is 0 Å². The van der Waals surface area contributed by atoms with E-state index in [1.165, 1.54) is 4.88 Å². The lowest BCUT2D eigenvalue weighted by Gasteiger charge is -2.10. The van der Waals surface area contributed by atoms with Crippen molar-refractivity contribution < 1.29 is 4.79 Å². The van der Waals surface area contributed by atoms with Gasteiger partial charge in [0.1, 0.15) is 5.69 Å². The van der Waals surface area contributed by atoms with Crippen molar-refractivity contribution in [3.05, 3.63) is 52.5 Å². The van der Waals surface area contributed by atoms with Crippen molar-refractivity contribution in [1.82, 2.24) is 21.2 Å². The van der Waals surface area contributed by atoms with Crippen LogP contribution in [0.15, 0.2) is 41.9 Å². The fourth-order valence-electron chi connectivity index (χ4n) is 1.30. The lowest BCUT2D eigenvalue weighted by atomic mass is 10.3. The van der Waals surface area contributed by atoms with Gasteiger partial charge in [-0.25, -0.2) is 0 Å². The summed E-state index contributed by atoms with van der Waals surface area (Å²) < 4.78 is 0. The van der Waals surface area contributed by atoms with Crippen LogP contribution in [0.25, 0.3) is 0 Å². The fourth-order valence-corrected chi connectivity index (χ4v) is 2.07. The first-order chi connectivity index (χ1) is 9.25. The number of carbonyl (C=O) groups is 1. The molecule has 1 amide bonds. The molecule has 0 aliphatic carbocycles. The molecule has 0 aromatic carbocycles. The number of aromatic nitrogens is 1. The zero-order valence-corrected chi connectivity index (χ0v) is 11.6. The van der Waals surface area contributed by atoms with Gasteiger partial charge in [0.25, 0.3) is 5.91 Å². The van der Waals surface area contributed by atoms with E-state index in [0.717, 1.165) is 0 Å². The minimum absolute atomic E-state index is 0.330. The molecule has 3 N–H and O–H groups in total. The maximum Gasteiger partial charge on any atom is 0.288 e. The molecule has 2 aromatic heterocycles. The quantitative estimate of drug-likeness (QED) is 0.590. The summed E-state index contributed by atoms with van der Waals surface area (Å²) in [6, 6.07) is 9.10. The summed E-state index contributed by atoms with van der Waals surface area (Å²) in [5.41, 5.74) is 5.44. The minimum atomic E-state index is -0.333. The molecule has 0 unspecified atom stereocenters. The predicted octanol–water partition coefficient (Wildman–Crippen LogP) is 1.45.